The van der Waals surface area contributed by atoms with Crippen molar-refractivity contribution in [2.45, 2.75) is 102 Å². The van der Waals surface area contributed by atoms with Crippen LogP contribution in [0.3, 0.4) is 0 Å². The van der Waals surface area contributed by atoms with E-state index in [-0.39, 0.29) is 5.97 Å². The van der Waals surface area contributed by atoms with Crippen LogP contribution in [-0.2, 0) is 23.8 Å². The molecule has 0 saturated heterocycles. The number of hydrogen-bond acceptors (Lipinski definition) is 7. The summed E-state index contributed by atoms with van der Waals surface area (Å²) in [6, 6.07) is 15.8. The van der Waals surface area contributed by atoms with Crippen molar-refractivity contribution in [2.24, 2.45) is 0 Å². The summed E-state index contributed by atoms with van der Waals surface area (Å²) in [5.74, 6) is 0.634. The molecule has 2 aromatic carbocycles. The SMILES string of the molecule is C=CC(=O)OCCCCCC(=O)OCCCCCCOC1CCC(c2ccc(OC(O)c3ccc(C)cc3)cc2)CC1. The van der Waals surface area contributed by atoms with Gasteiger partial charge in [-0.15, -0.1) is 0 Å². The van der Waals surface area contributed by atoms with Crippen LogP contribution in [0.4, 0.5) is 0 Å². The highest BCUT2D eigenvalue weighted by Gasteiger charge is 2.23. The monoisotopic (exact) mass is 580 g/mol. The van der Waals surface area contributed by atoms with E-state index in [0.717, 1.165) is 94.4 Å². The Kier molecular flexibility index (Phi) is 15.2. The summed E-state index contributed by atoms with van der Waals surface area (Å²) >= 11 is 0. The van der Waals surface area contributed by atoms with Crippen molar-refractivity contribution in [3.8, 4) is 5.75 Å². The van der Waals surface area contributed by atoms with Crippen molar-refractivity contribution in [1.82, 2.24) is 0 Å². The molecule has 0 aromatic heterocycles. The predicted octanol–water partition coefficient (Wildman–Crippen LogP) is 7.50. The first-order valence-electron chi connectivity index (χ1n) is 15.5. The number of aryl methyl sites for hydroxylation is 1. The molecule has 7 heteroatoms. The summed E-state index contributed by atoms with van der Waals surface area (Å²) in [6.45, 7) is 6.98. The van der Waals surface area contributed by atoms with E-state index in [9.17, 15) is 14.7 Å². The maximum absolute atomic E-state index is 11.8. The molecule has 1 aliphatic rings. The molecule has 1 saturated carbocycles. The fourth-order valence-corrected chi connectivity index (χ4v) is 5.16. The number of hydrogen-bond donors (Lipinski definition) is 1. The number of benzene rings is 2. The third-order valence-corrected chi connectivity index (χ3v) is 7.73. The van der Waals surface area contributed by atoms with Crippen LogP contribution >= 0.6 is 0 Å². The molecule has 1 atom stereocenters. The van der Waals surface area contributed by atoms with Crippen LogP contribution in [0.15, 0.2) is 61.2 Å². The van der Waals surface area contributed by atoms with Crippen LogP contribution in [0.5, 0.6) is 5.75 Å². The number of carbonyl (C=O) groups excluding carboxylic acids is 2. The van der Waals surface area contributed by atoms with Crippen molar-refractivity contribution < 1.29 is 33.6 Å². The van der Waals surface area contributed by atoms with Gasteiger partial charge < -0.3 is 24.1 Å². The van der Waals surface area contributed by atoms with E-state index in [4.69, 9.17) is 18.9 Å². The third kappa shape index (κ3) is 12.8. The number of aliphatic hydroxyl groups is 1. The van der Waals surface area contributed by atoms with Gasteiger partial charge in [0.05, 0.1) is 19.3 Å². The Morgan fingerprint density at radius 3 is 2.12 bits per heavy atom. The summed E-state index contributed by atoms with van der Waals surface area (Å²) in [7, 11) is 0. The van der Waals surface area contributed by atoms with Crippen molar-refractivity contribution in [1.29, 1.82) is 0 Å². The van der Waals surface area contributed by atoms with E-state index < -0.39 is 12.3 Å². The Labute approximate surface area is 251 Å². The van der Waals surface area contributed by atoms with E-state index >= 15 is 0 Å². The second kappa shape index (κ2) is 19.1. The maximum Gasteiger partial charge on any atom is 0.330 e. The molecule has 230 valence electrons. The molecule has 3 rings (SSSR count). The van der Waals surface area contributed by atoms with Crippen LogP contribution in [0, 0.1) is 6.92 Å². The molecule has 42 heavy (non-hydrogen) atoms. The first-order valence-corrected chi connectivity index (χ1v) is 15.5. The van der Waals surface area contributed by atoms with Crippen molar-refractivity contribution >= 4 is 11.9 Å². The zero-order valence-corrected chi connectivity index (χ0v) is 25.1. The van der Waals surface area contributed by atoms with Gasteiger partial charge in [-0.2, -0.15) is 0 Å². The predicted molar refractivity (Wildman–Crippen MR) is 163 cm³/mol. The molecule has 0 aliphatic heterocycles. The second-order valence-electron chi connectivity index (χ2n) is 11.1. The van der Waals surface area contributed by atoms with Gasteiger partial charge in [0.1, 0.15) is 5.75 Å². The first kappa shape index (κ1) is 33.3. The lowest BCUT2D eigenvalue weighted by Crippen LogP contribution is -2.21. The van der Waals surface area contributed by atoms with Gasteiger partial charge in [-0.1, -0.05) is 55.0 Å². The van der Waals surface area contributed by atoms with Crippen LogP contribution in [0.25, 0.3) is 0 Å². The molecule has 0 amide bonds. The minimum absolute atomic E-state index is 0.154. The molecule has 0 radical (unpaired) electrons. The van der Waals surface area contributed by atoms with E-state index in [0.29, 0.717) is 37.4 Å². The lowest BCUT2D eigenvalue weighted by Gasteiger charge is -2.29. The topological polar surface area (TPSA) is 91.3 Å². The summed E-state index contributed by atoms with van der Waals surface area (Å²) in [6.07, 6.45) is 11.6. The minimum atomic E-state index is -0.975. The molecule has 2 aromatic rings. The lowest BCUT2D eigenvalue weighted by molar-refractivity contribution is -0.144. The molecule has 1 unspecified atom stereocenters. The Bertz CT molecular complexity index is 1060. The molecule has 0 spiro atoms. The highest BCUT2D eigenvalue weighted by molar-refractivity contribution is 5.81. The Hall–Kier alpha value is -3.16. The standard InChI is InChI=1S/C35H48O7/c1-3-33(36)40-25-10-6-7-11-34(37)41-26-9-5-4-8-24-39-31-20-16-28(17-21-31)29-18-22-32(23-19-29)42-35(38)30-14-12-27(2)13-15-30/h3,12-15,18-19,22-23,28,31,35,38H,1,4-11,16-17,20-21,24-26H2,2H3. The van der Waals surface area contributed by atoms with E-state index in [1.807, 2.05) is 43.3 Å². The minimum Gasteiger partial charge on any atom is -0.466 e. The molecular weight excluding hydrogens is 532 g/mol. The fraction of sp³-hybridized carbons (Fsp3) is 0.543. The smallest absolute Gasteiger partial charge is 0.330 e. The van der Waals surface area contributed by atoms with E-state index in [1.165, 1.54) is 5.56 Å². The number of carbonyl (C=O) groups is 2. The summed E-state index contributed by atoms with van der Waals surface area (Å²) < 4.78 is 22.1. The largest absolute Gasteiger partial charge is 0.466 e. The average molecular weight is 581 g/mol. The zero-order valence-electron chi connectivity index (χ0n) is 25.1. The summed E-state index contributed by atoms with van der Waals surface area (Å²) in [5, 5.41) is 10.4. The van der Waals surface area contributed by atoms with Crippen molar-refractivity contribution in [3.05, 3.63) is 77.9 Å². The number of ether oxygens (including phenoxy) is 4. The van der Waals surface area contributed by atoms with Crippen LogP contribution in [0.2, 0.25) is 0 Å². The molecule has 0 heterocycles. The van der Waals surface area contributed by atoms with E-state index in [1.54, 1.807) is 0 Å². The first-order chi connectivity index (χ1) is 20.4. The van der Waals surface area contributed by atoms with Crippen molar-refractivity contribution in [3.63, 3.8) is 0 Å². The molecule has 1 N–H and O–H groups in total. The van der Waals surface area contributed by atoms with Gasteiger partial charge in [-0.25, -0.2) is 4.79 Å². The van der Waals surface area contributed by atoms with Gasteiger partial charge >= 0.3 is 11.9 Å². The number of rotatable bonds is 19. The number of aliphatic hydroxyl groups excluding tert-OH is 1. The fourth-order valence-electron chi connectivity index (χ4n) is 5.16. The normalized spacial score (nSPS) is 17.3. The quantitative estimate of drug-likeness (QED) is 0.0796. The van der Waals surface area contributed by atoms with Gasteiger partial charge in [0.2, 0.25) is 6.29 Å². The Balaban J connectivity index is 1.17. The lowest BCUT2D eigenvalue weighted by atomic mass is 9.83. The molecule has 0 bridgehead atoms. The average Bonchev–Trinajstić information content (AvgIpc) is 3.01. The van der Waals surface area contributed by atoms with Gasteiger partial charge in [0.25, 0.3) is 0 Å². The summed E-state index contributed by atoms with van der Waals surface area (Å²) in [5.41, 5.74) is 3.21. The van der Waals surface area contributed by atoms with Gasteiger partial charge in [0.15, 0.2) is 0 Å². The van der Waals surface area contributed by atoms with Crippen LogP contribution < -0.4 is 4.74 Å². The molecule has 1 aliphatic carbocycles. The van der Waals surface area contributed by atoms with Gasteiger partial charge in [0, 0.05) is 24.7 Å². The highest BCUT2D eigenvalue weighted by Crippen LogP contribution is 2.35. The molecular formula is C35H48O7. The third-order valence-electron chi connectivity index (χ3n) is 7.73. The maximum atomic E-state index is 11.8. The zero-order chi connectivity index (χ0) is 30.0. The second-order valence-corrected chi connectivity index (χ2v) is 11.1. The van der Waals surface area contributed by atoms with E-state index in [2.05, 4.69) is 18.7 Å². The molecule has 1 fully saturated rings. The van der Waals surface area contributed by atoms with Crippen LogP contribution in [0.1, 0.15) is 106 Å². The van der Waals surface area contributed by atoms with Gasteiger partial charge in [-0.05, 0) is 94.7 Å². The number of esters is 2. The van der Waals surface area contributed by atoms with Gasteiger partial charge in [-0.3, -0.25) is 4.79 Å². The number of unbranched alkanes of at least 4 members (excludes halogenated alkanes) is 5. The van der Waals surface area contributed by atoms with Crippen molar-refractivity contribution in [2.75, 3.05) is 19.8 Å². The van der Waals surface area contributed by atoms with Crippen LogP contribution in [-0.4, -0.2) is 43.0 Å². The Morgan fingerprint density at radius 2 is 1.45 bits per heavy atom. The highest BCUT2D eigenvalue weighted by atomic mass is 16.6. The summed E-state index contributed by atoms with van der Waals surface area (Å²) in [4.78, 5) is 22.8. The Morgan fingerprint density at radius 1 is 0.833 bits per heavy atom. The molecule has 7 nitrogen and oxygen atoms in total.